The van der Waals surface area contributed by atoms with Gasteiger partial charge in [0.1, 0.15) is 5.69 Å². The molecule has 0 spiro atoms. The molecule has 0 amide bonds. The Morgan fingerprint density at radius 2 is 1.93 bits per heavy atom. The molecule has 2 saturated heterocycles. The highest BCUT2D eigenvalue weighted by Crippen LogP contribution is 2.45. The average Bonchev–Trinajstić information content (AvgIpc) is 3.71. The van der Waals surface area contributed by atoms with Crippen molar-refractivity contribution >= 4 is 33.0 Å². The van der Waals surface area contributed by atoms with E-state index in [9.17, 15) is 13.2 Å². The Morgan fingerprint density at radius 1 is 1.17 bits per heavy atom. The Labute approximate surface area is 244 Å². The van der Waals surface area contributed by atoms with Crippen LogP contribution in [0.1, 0.15) is 32.6 Å². The van der Waals surface area contributed by atoms with Crippen molar-refractivity contribution in [3.8, 4) is 11.4 Å². The summed E-state index contributed by atoms with van der Waals surface area (Å²) in [5.41, 5.74) is 1.18. The Kier molecular flexibility index (Phi) is 7.88. The fourth-order valence-electron chi connectivity index (χ4n) is 5.81. The zero-order valence-corrected chi connectivity index (χ0v) is 24.7. The van der Waals surface area contributed by atoms with Crippen LogP contribution in [0.15, 0.2) is 35.3 Å². The minimum absolute atomic E-state index is 0.0551. The van der Waals surface area contributed by atoms with Crippen LogP contribution in [0.5, 0.6) is 5.75 Å². The highest BCUT2D eigenvalue weighted by Gasteiger charge is 2.44. The first kappa shape index (κ1) is 28.6. The standard InChI is InChI=1S/C28H36ClN5O6S/c1-28(7-8-28)18-40-26-23(16-31-34(27(26)35)20-4-2-3-19(29)15-20)32-9-11-33(12-10-32)41(36,37)17-21-22(30)5-6-24-25(21)39-14-13-38-24/h2-4,15-16,21,24-25,30H,5-14,17-18H2,1H3. The van der Waals surface area contributed by atoms with Crippen molar-refractivity contribution in [1.29, 1.82) is 5.41 Å². The third kappa shape index (κ3) is 6.03. The summed E-state index contributed by atoms with van der Waals surface area (Å²) in [5, 5.41) is 13.4. The molecular weight excluding hydrogens is 570 g/mol. The maximum atomic E-state index is 13.6. The van der Waals surface area contributed by atoms with Crippen LogP contribution < -0.4 is 15.2 Å². The van der Waals surface area contributed by atoms with E-state index >= 15 is 0 Å². The molecular formula is C28H36ClN5O6S. The number of benzene rings is 1. The summed E-state index contributed by atoms with van der Waals surface area (Å²) in [4.78, 5) is 15.6. The predicted molar refractivity (Wildman–Crippen MR) is 155 cm³/mol. The first-order valence-electron chi connectivity index (χ1n) is 14.2. The molecule has 2 aromatic rings. The molecule has 1 N–H and O–H groups in total. The second-order valence-electron chi connectivity index (χ2n) is 11.7. The van der Waals surface area contributed by atoms with Gasteiger partial charge in [-0.3, -0.25) is 4.79 Å². The Hall–Kier alpha value is -2.51. The van der Waals surface area contributed by atoms with Gasteiger partial charge in [-0.2, -0.15) is 14.1 Å². The lowest BCUT2D eigenvalue weighted by atomic mass is 9.83. The molecule has 222 valence electrons. The summed E-state index contributed by atoms with van der Waals surface area (Å²) in [6.07, 6.45) is 4.35. The summed E-state index contributed by atoms with van der Waals surface area (Å²) in [7, 11) is -3.65. The van der Waals surface area contributed by atoms with E-state index in [0.717, 1.165) is 12.8 Å². The first-order chi connectivity index (χ1) is 19.6. The number of piperazine rings is 1. The molecule has 41 heavy (non-hydrogen) atoms. The van der Waals surface area contributed by atoms with Gasteiger partial charge in [-0.05, 0) is 43.9 Å². The summed E-state index contributed by atoms with van der Waals surface area (Å²) in [6, 6.07) is 6.92. The lowest BCUT2D eigenvalue weighted by Gasteiger charge is -2.42. The van der Waals surface area contributed by atoms with E-state index in [1.165, 1.54) is 8.99 Å². The number of aromatic nitrogens is 2. The molecule has 2 aliphatic carbocycles. The smallest absolute Gasteiger partial charge is 0.316 e. The van der Waals surface area contributed by atoms with Crippen LogP contribution in [0.25, 0.3) is 5.69 Å². The van der Waals surface area contributed by atoms with Crippen LogP contribution in [0.2, 0.25) is 5.02 Å². The van der Waals surface area contributed by atoms with Crippen molar-refractivity contribution in [3.63, 3.8) is 0 Å². The SMILES string of the molecule is CC1(COc2c(N3CCN(S(=O)(=O)CC4C(=N)CCC5OCCOC54)CC3)cnn(-c3cccc(Cl)c3)c2=O)CC1. The second kappa shape index (κ2) is 11.3. The molecule has 13 heteroatoms. The van der Waals surface area contributed by atoms with E-state index in [2.05, 4.69) is 12.0 Å². The monoisotopic (exact) mass is 605 g/mol. The quantitative estimate of drug-likeness (QED) is 0.487. The molecule has 3 atom stereocenters. The molecule has 4 fully saturated rings. The average molecular weight is 606 g/mol. The van der Waals surface area contributed by atoms with Gasteiger partial charge in [0, 0.05) is 48.2 Å². The van der Waals surface area contributed by atoms with Crippen LogP contribution >= 0.6 is 11.6 Å². The van der Waals surface area contributed by atoms with Crippen molar-refractivity contribution in [2.75, 3.05) is 56.7 Å². The highest BCUT2D eigenvalue weighted by atomic mass is 35.5. The molecule has 11 nitrogen and oxygen atoms in total. The van der Waals surface area contributed by atoms with Crippen LogP contribution in [0.4, 0.5) is 5.69 Å². The van der Waals surface area contributed by atoms with Crippen LogP contribution in [-0.4, -0.2) is 92.2 Å². The fourth-order valence-corrected chi connectivity index (χ4v) is 7.77. The topological polar surface area (TPSA) is 127 Å². The lowest BCUT2D eigenvalue weighted by molar-refractivity contribution is -0.155. The third-order valence-electron chi connectivity index (χ3n) is 8.63. The Morgan fingerprint density at radius 3 is 2.66 bits per heavy atom. The predicted octanol–water partition coefficient (Wildman–Crippen LogP) is 2.73. The van der Waals surface area contributed by atoms with Crippen molar-refractivity contribution in [2.45, 2.75) is 44.8 Å². The molecule has 1 aromatic heterocycles. The normalized spacial score (nSPS) is 26.4. The largest absolute Gasteiger partial charge is 0.486 e. The molecule has 0 radical (unpaired) electrons. The van der Waals surface area contributed by atoms with E-state index in [-0.39, 0.29) is 41.7 Å². The molecule has 1 aromatic carbocycles. The summed E-state index contributed by atoms with van der Waals surface area (Å²) in [5.74, 6) is -0.467. The minimum Gasteiger partial charge on any atom is -0.486 e. The lowest BCUT2D eigenvalue weighted by Crippen LogP contribution is -2.54. The number of nitrogens with zero attached hydrogens (tertiary/aromatic N) is 4. The van der Waals surface area contributed by atoms with Gasteiger partial charge in [-0.15, -0.1) is 0 Å². The van der Waals surface area contributed by atoms with Crippen molar-refractivity contribution in [3.05, 3.63) is 45.8 Å². The summed E-state index contributed by atoms with van der Waals surface area (Å²) < 4.78 is 47.6. The number of nitrogens with one attached hydrogen (secondary N) is 1. The zero-order valence-electron chi connectivity index (χ0n) is 23.1. The Bertz CT molecular complexity index is 1470. The van der Waals surface area contributed by atoms with Gasteiger partial charge in [0.05, 0.1) is 49.7 Å². The molecule has 3 unspecified atom stereocenters. The molecule has 2 saturated carbocycles. The number of hydrogen-bond donors (Lipinski definition) is 1. The second-order valence-corrected chi connectivity index (χ2v) is 14.2. The van der Waals surface area contributed by atoms with Crippen LogP contribution in [-0.2, 0) is 19.5 Å². The highest BCUT2D eigenvalue weighted by molar-refractivity contribution is 7.89. The van der Waals surface area contributed by atoms with Gasteiger partial charge in [-0.1, -0.05) is 24.6 Å². The molecule has 2 aliphatic heterocycles. The van der Waals surface area contributed by atoms with Crippen molar-refractivity contribution in [2.24, 2.45) is 11.3 Å². The number of halogens is 1. The number of anilines is 1. The van der Waals surface area contributed by atoms with Crippen LogP contribution in [0.3, 0.4) is 0 Å². The number of rotatable bonds is 8. The van der Waals surface area contributed by atoms with Crippen molar-refractivity contribution in [1.82, 2.24) is 14.1 Å². The first-order valence-corrected chi connectivity index (χ1v) is 16.2. The number of hydrogen-bond acceptors (Lipinski definition) is 9. The van der Waals surface area contributed by atoms with E-state index < -0.39 is 22.0 Å². The maximum absolute atomic E-state index is 13.6. The van der Waals surface area contributed by atoms with Gasteiger partial charge in [-0.25, -0.2) is 8.42 Å². The van der Waals surface area contributed by atoms with E-state index in [0.29, 0.717) is 67.9 Å². The summed E-state index contributed by atoms with van der Waals surface area (Å²) in [6.45, 7) is 4.73. The molecule has 3 heterocycles. The molecule has 0 bridgehead atoms. The molecule has 4 aliphatic rings. The van der Waals surface area contributed by atoms with Gasteiger partial charge in [0.25, 0.3) is 0 Å². The zero-order chi connectivity index (χ0) is 28.8. The minimum atomic E-state index is -3.65. The number of ether oxygens (including phenoxy) is 3. The van der Waals surface area contributed by atoms with Crippen molar-refractivity contribution < 1.29 is 22.6 Å². The van der Waals surface area contributed by atoms with Gasteiger partial charge < -0.3 is 24.5 Å². The van der Waals surface area contributed by atoms with Gasteiger partial charge in [0.15, 0.2) is 0 Å². The third-order valence-corrected chi connectivity index (χ3v) is 10.8. The van der Waals surface area contributed by atoms with Gasteiger partial charge >= 0.3 is 5.56 Å². The summed E-state index contributed by atoms with van der Waals surface area (Å²) >= 11 is 6.16. The van der Waals surface area contributed by atoms with Gasteiger partial charge in [0.2, 0.25) is 15.8 Å². The Balaban J connectivity index is 1.19. The van der Waals surface area contributed by atoms with E-state index in [1.807, 2.05) is 4.90 Å². The molecule has 6 rings (SSSR count). The number of sulfonamides is 1. The number of fused-ring (bicyclic) bond motifs is 1. The van der Waals surface area contributed by atoms with Crippen LogP contribution in [0, 0.1) is 16.7 Å². The maximum Gasteiger partial charge on any atom is 0.316 e. The fraction of sp³-hybridized carbons (Fsp3) is 0.607. The van der Waals surface area contributed by atoms with E-state index in [1.54, 1.807) is 30.5 Å². The van der Waals surface area contributed by atoms with E-state index in [4.69, 9.17) is 31.2 Å².